The first-order valence-corrected chi connectivity index (χ1v) is 9.34. The largest absolute Gasteiger partial charge is 0.390 e. The van der Waals surface area contributed by atoms with Crippen LogP contribution in [0.2, 0.25) is 0 Å². The molecule has 0 radical (unpaired) electrons. The molecule has 1 aromatic carbocycles. The van der Waals surface area contributed by atoms with E-state index in [0.717, 1.165) is 28.4 Å². The Bertz CT molecular complexity index is 910. The van der Waals surface area contributed by atoms with E-state index in [1.165, 1.54) is 4.68 Å². The van der Waals surface area contributed by atoms with Gasteiger partial charge in [-0.1, -0.05) is 15.9 Å². The van der Waals surface area contributed by atoms with Gasteiger partial charge in [0.1, 0.15) is 6.54 Å². The average molecular weight is 406 g/mol. The van der Waals surface area contributed by atoms with Crippen LogP contribution < -0.4 is 10.9 Å². The summed E-state index contributed by atoms with van der Waals surface area (Å²) in [6.07, 6.45) is 3.21. The van der Waals surface area contributed by atoms with Crippen LogP contribution in [0.25, 0.3) is 10.8 Å². The van der Waals surface area contributed by atoms with Crippen molar-refractivity contribution in [2.45, 2.75) is 56.7 Å². The van der Waals surface area contributed by atoms with E-state index in [0.29, 0.717) is 24.1 Å². The number of carbonyl (C=O) groups excluding carboxylic acids is 1. The molecular formula is C18H20BrN3O3. The van der Waals surface area contributed by atoms with E-state index in [1.807, 2.05) is 12.1 Å². The first-order valence-electron chi connectivity index (χ1n) is 8.54. The van der Waals surface area contributed by atoms with Crippen molar-refractivity contribution in [2.24, 2.45) is 0 Å². The third-order valence-electron chi connectivity index (χ3n) is 4.95. The normalized spacial score (nSPS) is 25.6. The van der Waals surface area contributed by atoms with E-state index >= 15 is 0 Å². The lowest BCUT2D eigenvalue weighted by Gasteiger charge is -2.41. The molecule has 132 valence electrons. The molecule has 0 bridgehead atoms. The summed E-state index contributed by atoms with van der Waals surface area (Å²) in [5.74, 6) is 0.127. The number of aromatic nitrogens is 2. The average Bonchev–Trinajstić information content (AvgIpc) is 3.32. The maximum atomic E-state index is 12.7. The zero-order valence-electron chi connectivity index (χ0n) is 14.0. The molecule has 4 rings (SSSR count). The predicted molar refractivity (Wildman–Crippen MR) is 97.5 cm³/mol. The van der Waals surface area contributed by atoms with Crippen molar-refractivity contribution in [3.8, 4) is 0 Å². The van der Waals surface area contributed by atoms with E-state index in [2.05, 4.69) is 26.3 Å². The summed E-state index contributed by atoms with van der Waals surface area (Å²) >= 11 is 3.45. The molecule has 25 heavy (non-hydrogen) atoms. The van der Waals surface area contributed by atoms with Crippen LogP contribution in [-0.4, -0.2) is 32.4 Å². The van der Waals surface area contributed by atoms with Crippen LogP contribution in [-0.2, 0) is 11.3 Å². The Morgan fingerprint density at radius 1 is 1.40 bits per heavy atom. The molecule has 2 aliphatic carbocycles. The zero-order valence-corrected chi connectivity index (χ0v) is 15.5. The summed E-state index contributed by atoms with van der Waals surface area (Å²) in [5.41, 5.74) is -0.0411. The number of rotatable bonds is 4. The van der Waals surface area contributed by atoms with Crippen molar-refractivity contribution in [3.63, 3.8) is 0 Å². The van der Waals surface area contributed by atoms with Crippen LogP contribution >= 0.6 is 15.9 Å². The molecule has 2 aliphatic rings. The molecule has 7 heteroatoms. The lowest BCUT2D eigenvalue weighted by Crippen LogP contribution is -2.54. The summed E-state index contributed by atoms with van der Waals surface area (Å²) in [6.45, 7) is 1.66. The van der Waals surface area contributed by atoms with Crippen LogP contribution in [0, 0.1) is 0 Å². The highest BCUT2D eigenvalue weighted by molar-refractivity contribution is 9.10. The molecule has 0 spiro atoms. The van der Waals surface area contributed by atoms with Crippen LogP contribution in [0.4, 0.5) is 0 Å². The third kappa shape index (κ3) is 3.35. The highest BCUT2D eigenvalue weighted by atomic mass is 79.9. The Morgan fingerprint density at radius 2 is 2.12 bits per heavy atom. The maximum absolute atomic E-state index is 12.7. The Kier molecular flexibility index (Phi) is 3.96. The minimum atomic E-state index is -0.692. The van der Waals surface area contributed by atoms with Crippen molar-refractivity contribution < 1.29 is 9.90 Å². The van der Waals surface area contributed by atoms with Gasteiger partial charge >= 0.3 is 0 Å². The fraction of sp³-hybridized carbons (Fsp3) is 0.500. The van der Waals surface area contributed by atoms with Crippen molar-refractivity contribution in [1.82, 2.24) is 15.1 Å². The first kappa shape index (κ1) is 16.7. The summed E-state index contributed by atoms with van der Waals surface area (Å²) in [6, 6.07) is 5.52. The fourth-order valence-corrected chi connectivity index (χ4v) is 3.92. The van der Waals surface area contributed by atoms with Crippen molar-refractivity contribution in [3.05, 3.63) is 38.7 Å². The molecule has 2 saturated carbocycles. The Hall–Kier alpha value is -1.73. The molecule has 0 unspecified atom stereocenters. The second-order valence-corrected chi connectivity index (χ2v) is 8.40. The molecular weight excluding hydrogens is 386 g/mol. The van der Waals surface area contributed by atoms with Gasteiger partial charge in [0, 0.05) is 21.8 Å². The minimum Gasteiger partial charge on any atom is -0.390 e. The van der Waals surface area contributed by atoms with Gasteiger partial charge in [-0.25, -0.2) is 4.68 Å². The first-order chi connectivity index (χ1) is 11.8. The molecule has 6 nitrogen and oxygen atoms in total. The topological polar surface area (TPSA) is 84.2 Å². The smallest absolute Gasteiger partial charge is 0.275 e. The van der Waals surface area contributed by atoms with Gasteiger partial charge in [-0.05, 0) is 50.8 Å². The molecule has 1 heterocycles. The van der Waals surface area contributed by atoms with Gasteiger partial charge < -0.3 is 10.4 Å². The SMILES string of the molecule is C[C@]1(O)C[C@@H](NC(=O)Cn2nc(C3CC3)c3cc(Br)ccc3c2=O)C1. The number of halogens is 1. The summed E-state index contributed by atoms with van der Waals surface area (Å²) in [7, 11) is 0. The molecule has 1 amide bonds. The zero-order chi connectivity index (χ0) is 17.8. The standard InChI is InChI=1S/C18H20BrN3O3/c1-18(25)7-12(8-18)20-15(23)9-22-17(24)13-5-4-11(19)6-14(13)16(21-22)10-2-3-10/h4-6,10,12,25H,2-3,7-9H2,1H3,(H,20,23)/t12-,18+. The van der Waals surface area contributed by atoms with Crippen molar-refractivity contribution in [1.29, 1.82) is 0 Å². The molecule has 1 aromatic heterocycles. The van der Waals surface area contributed by atoms with E-state index in [4.69, 9.17) is 0 Å². The number of carbonyl (C=O) groups is 1. The van der Waals surface area contributed by atoms with Crippen molar-refractivity contribution >= 4 is 32.6 Å². The summed E-state index contributed by atoms with van der Waals surface area (Å²) in [5, 5.41) is 18.6. The van der Waals surface area contributed by atoms with E-state index in [-0.39, 0.29) is 24.1 Å². The van der Waals surface area contributed by atoms with Crippen LogP contribution in [0.1, 0.15) is 44.2 Å². The summed E-state index contributed by atoms with van der Waals surface area (Å²) in [4.78, 5) is 25.0. The lowest BCUT2D eigenvalue weighted by molar-refractivity contribution is -0.125. The van der Waals surface area contributed by atoms with Crippen LogP contribution in [0.15, 0.2) is 27.5 Å². The monoisotopic (exact) mass is 405 g/mol. The number of benzene rings is 1. The number of amides is 1. The van der Waals surface area contributed by atoms with Gasteiger partial charge in [0.15, 0.2) is 0 Å². The maximum Gasteiger partial charge on any atom is 0.275 e. The van der Waals surface area contributed by atoms with E-state index < -0.39 is 5.60 Å². The molecule has 2 N–H and O–H groups in total. The second-order valence-electron chi connectivity index (χ2n) is 7.48. The molecule has 2 aromatic rings. The Morgan fingerprint density at radius 3 is 2.76 bits per heavy atom. The number of aliphatic hydroxyl groups is 1. The molecule has 0 aliphatic heterocycles. The number of hydrogen-bond donors (Lipinski definition) is 2. The number of nitrogens with zero attached hydrogens (tertiary/aromatic N) is 2. The quantitative estimate of drug-likeness (QED) is 0.815. The van der Waals surface area contributed by atoms with Gasteiger partial charge in [-0.3, -0.25) is 9.59 Å². The van der Waals surface area contributed by atoms with Crippen LogP contribution in [0.5, 0.6) is 0 Å². The van der Waals surface area contributed by atoms with Gasteiger partial charge in [0.25, 0.3) is 5.56 Å². The van der Waals surface area contributed by atoms with Gasteiger partial charge in [0.05, 0.1) is 16.7 Å². The Labute approximate surface area is 153 Å². The fourth-order valence-electron chi connectivity index (χ4n) is 3.56. The van der Waals surface area contributed by atoms with Crippen LogP contribution in [0.3, 0.4) is 0 Å². The highest BCUT2D eigenvalue weighted by Gasteiger charge is 2.39. The van der Waals surface area contributed by atoms with Gasteiger partial charge in [0.2, 0.25) is 5.91 Å². The molecule has 0 atom stereocenters. The number of hydrogen-bond acceptors (Lipinski definition) is 4. The number of fused-ring (bicyclic) bond motifs is 1. The van der Waals surface area contributed by atoms with Crippen molar-refractivity contribution in [2.75, 3.05) is 0 Å². The van der Waals surface area contributed by atoms with E-state index in [1.54, 1.807) is 13.0 Å². The Balaban J connectivity index is 1.61. The highest BCUT2D eigenvalue weighted by Crippen LogP contribution is 2.41. The van der Waals surface area contributed by atoms with E-state index in [9.17, 15) is 14.7 Å². The van der Waals surface area contributed by atoms with Gasteiger partial charge in [-0.15, -0.1) is 0 Å². The number of nitrogens with one attached hydrogen (secondary N) is 1. The molecule has 2 fully saturated rings. The second kappa shape index (κ2) is 5.92. The molecule has 0 saturated heterocycles. The van der Waals surface area contributed by atoms with Gasteiger partial charge in [-0.2, -0.15) is 5.10 Å². The minimum absolute atomic E-state index is 0.0301. The lowest BCUT2D eigenvalue weighted by atomic mass is 9.77. The predicted octanol–water partition coefficient (Wildman–Crippen LogP) is 2.07. The third-order valence-corrected chi connectivity index (χ3v) is 5.44. The summed E-state index contributed by atoms with van der Waals surface area (Å²) < 4.78 is 2.19.